The van der Waals surface area contributed by atoms with E-state index in [1.54, 1.807) is 4.90 Å². The van der Waals surface area contributed by atoms with Crippen molar-refractivity contribution >= 4 is 11.9 Å². The first-order chi connectivity index (χ1) is 18.3. The Kier molecular flexibility index (Phi) is 7.24. The highest BCUT2D eigenvalue weighted by Gasteiger charge is 2.32. The Hall–Kier alpha value is -4.04. The summed E-state index contributed by atoms with van der Waals surface area (Å²) in [4.78, 5) is 24.2. The van der Waals surface area contributed by atoms with Crippen molar-refractivity contribution in [2.75, 3.05) is 26.3 Å². The quantitative estimate of drug-likeness (QED) is 0.441. The molecule has 0 radical (unpaired) electrons. The van der Waals surface area contributed by atoms with Crippen molar-refractivity contribution in [3.8, 4) is 28.4 Å². The predicted octanol–water partition coefficient (Wildman–Crippen LogP) is 4.08. The normalized spacial score (nSPS) is 16.4. The molecule has 8 nitrogen and oxygen atoms in total. The fourth-order valence-corrected chi connectivity index (χ4v) is 5.17. The van der Waals surface area contributed by atoms with Crippen LogP contribution in [0.2, 0.25) is 0 Å². The summed E-state index contributed by atoms with van der Waals surface area (Å²) in [5.74, 6) is 0.898. The molecule has 0 aliphatic carbocycles. The van der Waals surface area contributed by atoms with Crippen LogP contribution < -0.4 is 14.2 Å². The molecule has 1 saturated heterocycles. The Morgan fingerprint density at radius 3 is 2.50 bits per heavy atom. The van der Waals surface area contributed by atoms with E-state index in [0.717, 1.165) is 39.1 Å². The van der Waals surface area contributed by atoms with Crippen molar-refractivity contribution in [1.82, 2.24) is 4.90 Å². The van der Waals surface area contributed by atoms with Crippen molar-refractivity contribution < 1.29 is 34.0 Å². The molecule has 2 heterocycles. The van der Waals surface area contributed by atoms with Gasteiger partial charge in [0, 0.05) is 17.5 Å². The van der Waals surface area contributed by atoms with Crippen molar-refractivity contribution in [1.29, 1.82) is 0 Å². The van der Waals surface area contributed by atoms with E-state index in [2.05, 4.69) is 26.0 Å². The van der Waals surface area contributed by atoms with Gasteiger partial charge in [0.2, 0.25) is 5.91 Å². The molecule has 1 amide bonds. The number of benzene rings is 3. The minimum atomic E-state index is -0.832. The number of amides is 1. The first kappa shape index (κ1) is 25.6. The molecule has 8 heteroatoms. The molecule has 1 unspecified atom stereocenters. The second-order valence-electron chi connectivity index (χ2n) is 9.92. The van der Waals surface area contributed by atoms with Gasteiger partial charge in [-0.1, -0.05) is 24.3 Å². The molecule has 0 aromatic heterocycles. The Labute approximate surface area is 221 Å². The predicted molar refractivity (Wildman–Crippen MR) is 141 cm³/mol. The maximum atomic E-state index is 11.5. The first-order valence-corrected chi connectivity index (χ1v) is 12.7. The third kappa shape index (κ3) is 5.45. The number of hydrogen-bond donors (Lipinski definition) is 2. The van der Waals surface area contributed by atoms with Gasteiger partial charge in [-0.25, -0.2) is 0 Å². The zero-order chi connectivity index (χ0) is 26.8. The summed E-state index contributed by atoms with van der Waals surface area (Å²) in [5.41, 5.74) is 6.34. The molecule has 2 N–H and O–H groups in total. The molecule has 2 aliphatic rings. The van der Waals surface area contributed by atoms with Crippen LogP contribution in [-0.2, 0) is 16.2 Å². The van der Waals surface area contributed by atoms with Gasteiger partial charge in [-0.2, -0.15) is 0 Å². The zero-order valence-corrected chi connectivity index (χ0v) is 21.5. The van der Waals surface area contributed by atoms with E-state index in [-0.39, 0.29) is 24.3 Å². The molecule has 3 aromatic rings. The van der Waals surface area contributed by atoms with Crippen LogP contribution in [0.3, 0.4) is 0 Å². The number of aliphatic hydroxyl groups excluding tert-OH is 1. The third-order valence-electron chi connectivity index (χ3n) is 7.05. The monoisotopic (exact) mass is 517 g/mol. The lowest BCUT2D eigenvalue weighted by Crippen LogP contribution is -2.56. The highest BCUT2D eigenvalue weighted by Crippen LogP contribution is 2.38. The highest BCUT2D eigenvalue weighted by molar-refractivity contribution is 5.78. The number of carbonyl (C=O) groups excluding carboxylic acids is 1. The number of aliphatic carboxylic acids is 1. The Balaban J connectivity index is 1.24. The largest absolute Gasteiger partial charge is 0.492 e. The second-order valence-corrected chi connectivity index (χ2v) is 9.92. The van der Waals surface area contributed by atoms with Crippen LogP contribution in [0.15, 0.2) is 54.6 Å². The summed E-state index contributed by atoms with van der Waals surface area (Å²) in [6.07, 6.45) is -0.0141. The topological polar surface area (TPSA) is 106 Å². The van der Waals surface area contributed by atoms with E-state index >= 15 is 0 Å². The van der Waals surface area contributed by atoms with Gasteiger partial charge in [0.05, 0.1) is 26.1 Å². The van der Waals surface area contributed by atoms with Crippen molar-refractivity contribution in [3.63, 3.8) is 0 Å². The summed E-state index contributed by atoms with van der Waals surface area (Å²) in [5, 5.41) is 18.1. The number of fused-ring (bicyclic) bond motifs is 1. The highest BCUT2D eigenvalue weighted by atomic mass is 16.5. The summed E-state index contributed by atoms with van der Waals surface area (Å²) in [7, 11) is 0. The molecule has 5 rings (SSSR count). The lowest BCUT2D eigenvalue weighted by molar-refractivity contribution is -0.143. The Bertz CT molecular complexity index is 1340. The van der Waals surface area contributed by atoms with Gasteiger partial charge in [0.1, 0.15) is 36.6 Å². The number of likely N-dealkylation sites (tertiary alicyclic amines) is 1. The Morgan fingerprint density at radius 2 is 1.79 bits per heavy atom. The number of hydrogen-bond acceptors (Lipinski definition) is 6. The van der Waals surface area contributed by atoms with E-state index in [9.17, 15) is 9.59 Å². The number of carbonyl (C=O) groups is 2. The Morgan fingerprint density at radius 1 is 1.03 bits per heavy atom. The molecule has 198 valence electrons. The minimum absolute atomic E-state index is 0.0523. The summed E-state index contributed by atoms with van der Waals surface area (Å²) >= 11 is 0. The van der Waals surface area contributed by atoms with Crippen LogP contribution in [0, 0.1) is 13.8 Å². The standard InChI is InChI=1S/C30H31NO7/c1-18-8-24(38-25-13-31(14-25)28(33)15-32)9-19(2)30(18)21-5-3-4-20(10-21)16-36-23-6-7-26-22(11-29(34)35)17-37-27(26)12-23/h3-10,12,22,25,32H,11,13-17H2,1-2H3,(H,34,35). The minimum Gasteiger partial charge on any atom is -0.492 e. The molecule has 1 atom stereocenters. The van der Waals surface area contributed by atoms with Gasteiger partial charge in [0.15, 0.2) is 0 Å². The maximum Gasteiger partial charge on any atom is 0.304 e. The van der Waals surface area contributed by atoms with Crippen LogP contribution in [0.1, 0.15) is 34.6 Å². The molecule has 0 saturated carbocycles. The van der Waals surface area contributed by atoms with Crippen molar-refractivity contribution in [2.24, 2.45) is 0 Å². The number of aryl methyl sites for hydroxylation is 2. The van der Waals surface area contributed by atoms with Crippen molar-refractivity contribution in [3.05, 3.63) is 76.9 Å². The first-order valence-electron chi connectivity index (χ1n) is 12.7. The van der Waals surface area contributed by atoms with Crippen LogP contribution in [0.25, 0.3) is 11.1 Å². The molecule has 1 fully saturated rings. The van der Waals surface area contributed by atoms with Gasteiger partial charge in [-0.05, 0) is 65.9 Å². The van der Waals surface area contributed by atoms with Gasteiger partial charge >= 0.3 is 5.97 Å². The van der Waals surface area contributed by atoms with Crippen LogP contribution in [-0.4, -0.2) is 59.4 Å². The molecule has 38 heavy (non-hydrogen) atoms. The van der Waals surface area contributed by atoms with Crippen LogP contribution in [0.4, 0.5) is 0 Å². The molecule has 2 aliphatic heterocycles. The van der Waals surface area contributed by atoms with Gasteiger partial charge in [0.25, 0.3) is 0 Å². The van der Waals surface area contributed by atoms with E-state index in [0.29, 0.717) is 37.8 Å². The number of nitrogens with zero attached hydrogens (tertiary/aromatic N) is 1. The fourth-order valence-electron chi connectivity index (χ4n) is 5.17. The van der Waals surface area contributed by atoms with E-state index in [1.165, 1.54) is 0 Å². The second kappa shape index (κ2) is 10.8. The average molecular weight is 518 g/mol. The molecular weight excluding hydrogens is 486 g/mol. The lowest BCUT2D eigenvalue weighted by Gasteiger charge is -2.38. The number of rotatable bonds is 9. The van der Waals surface area contributed by atoms with E-state index < -0.39 is 12.6 Å². The third-order valence-corrected chi connectivity index (χ3v) is 7.05. The number of aliphatic hydroxyl groups is 1. The van der Waals surface area contributed by atoms with E-state index in [1.807, 2.05) is 42.5 Å². The molecule has 0 spiro atoms. The number of ether oxygens (including phenoxy) is 3. The summed E-state index contributed by atoms with van der Waals surface area (Å²) < 4.78 is 17.8. The maximum absolute atomic E-state index is 11.5. The molecule has 3 aromatic carbocycles. The van der Waals surface area contributed by atoms with Gasteiger partial charge < -0.3 is 29.3 Å². The van der Waals surface area contributed by atoms with Gasteiger partial charge in [-0.15, -0.1) is 0 Å². The number of carboxylic acid groups (broad SMARTS) is 1. The van der Waals surface area contributed by atoms with Crippen LogP contribution in [0.5, 0.6) is 17.2 Å². The van der Waals surface area contributed by atoms with Crippen LogP contribution >= 0.6 is 0 Å². The average Bonchev–Trinajstić information content (AvgIpc) is 3.25. The smallest absolute Gasteiger partial charge is 0.304 e. The zero-order valence-electron chi connectivity index (χ0n) is 21.5. The fraction of sp³-hybridized carbons (Fsp3) is 0.333. The summed E-state index contributed by atoms with van der Waals surface area (Å²) in [6.45, 7) is 5.38. The van der Waals surface area contributed by atoms with E-state index in [4.69, 9.17) is 24.4 Å². The molecular formula is C30H31NO7. The number of carboxylic acids is 1. The SMILES string of the molecule is Cc1cc(OC2CN(C(=O)CO)C2)cc(C)c1-c1cccc(COc2ccc3c(c2)OCC3CC(=O)O)c1. The summed E-state index contributed by atoms with van der Waals surface area (Å²) in [6, 6.07) is 17.9. The van der Waals surface area contributed by atoms with Crippen molar-refractivity contribution in [2.45, 2.75) is 38.9 Å². The molecule has 0 bridgehead atoms. The van der Waals surface area contributed by atoms with Gasteiger partial charge in [-0.3, -0.25) is 9.59 Å². The lowest BCUT2D eigenvalue weighted by atomic mass is 9.94.